The minimum Gasteiger partial charge on any atom is -0.504 e. The van der Waals surface area contributed by atoms with E-state index in [4.69, 9.17) is 0 Å². The molecule has 0 spiro atoms. The van der Waals surface area contributed by atoms with Gasteiger partial charge in [-0.15, -0.1) is 24.8 Å². The monoisotopic (exact) mass is 393 g/mol. The fourth-order valence-electron chi connectivity index (χ4n) is 3.95. The number of halogens is 2. The Morgan fingerprint density at radius 2 is 1.76 bits per heavy atom. The highest BCUT2D eigenvalue weighted by atomic mass is 35.5. The zero-order valence-corrected chi connectivity index (χ0v) is 15.5. The predicted molar refractivity (Wildman–Crippen MR) is 100 cm³/mol. The van der Waals surface area contributed by atoms with E-state index in [0.29, 0.717) is 5.92 Å². The summed E-state index contributed by atoms with van der Waals surface area (Å²) in [6, 6.07) is 2.98. The summed E-state index contributed by atoms with van der Waals surface area (Å²) in [6.45, 7) is 3.57. The van der Waals surface area contributed by atoms with E-state index >= 15 is 0 Å². The normalized spacial score (nSPS) is 19.7. The molecular formula is C16H25Cl2N3O4. The van der Waals surface area contributed by atoms with Gasteiger partial charge in [0.25, 0.3) is 0 Å². The van der Waals surface area contributed by atoms with Gasteiger partial charge in [0.05, 0.1) is 4.92 Å². The Balaban J connectivity index is 0.00000156. The van der Waals surface area contributed by atoms with Crippen LogP contribution in [0.4, 0.5) is 5.69 Å². The molecule has 3 rings (SSSR count). The summed E-state index contributed by atoms with van der Waals surface area (Å²) in [5.41, 5.74) is 0.318. The summed E-state index contributed by atoms with van der Waals surface area (Å²) in [5, 5.41) is 34.1. The fraction of sp³-hybridized carbons (Fsp3) is 0.625. The number of nitrogens with zero attached hydrogens (tertiary/aromatic N) is 2. The minimum absolute atomic E-state index is 0. The van der Waals surface area contributed by atoms with Crippen LogP contribution in [0, 0.1) is 16.0 Å². The zero-order valence-electron chi connectivity index (χ0n) is 13.9. The molecule has 1 heterocycles. The van der Waals surface area contributed by atoms with Crippen molar-refractivity contribution >= 4 is 30.5 Å². The van der Waals surface area contributed by atoms with Crippen LogP contribution >= 0.6 is 24.8 Å². The van der Waals surface area contributed by atoms with Gasteiger partial charge in [0.15, 0.2) is 5.75 Å². The molecular weight excluding hydrogens is 369 g/mol. The lowest BCUT2D eigenvalue weighted by Gasteiger charge is -2.38. The molecule has 7 nitrogen and oxygen atoms in total. The fourth-order valence-corrected chi connectivity index (χ4v) is 3.95. The highest BCUT2D eigenvalue weighted by Crippen LogP contribution is 2.44. The van der Waals surface area contributed by atoms with Crippen molar-refractivity contribution in [2.45, 2.75) is 31.7 Å². The summed E-state index contributed by atoms with van der Waals surface area (Å²) < 4.78 is 0. The van der Waals surface area contributed by atoms with Crippen molar-refractivity contribution in [1.82, 2.24) is 10.2 Å². The van der Waals surface area contributed by atoms with Crippen molar-refractivity contribution in [3.05, 3.63) is 27.8 Å². The Kier molecular flexibility index (Phi) is 8.21. The van der Waals surface area contributed by atoms with Gasteiger partial charge >= 0.3 is 5.69 Å². The van der Waals surface area contributed by atoms with Gasteiger partial charge < -0.3 is 15.5 Å². The second-order valence-corrected chi connectivity index (χ2v) is 6.44. The molecule has 25 heavy (non-hydrogen) atoms. The molecule has 1 aliphatic carbocycles. The van der Waals surface area contributed by atoms with Gasteiger partial charge in [0, 0.05) is 38.3 Å². The molecule has 1 saturated heterocycles. The third-order valence-electron chi connectivity index (χ3n) is 5.02. The Labute approximate surface area is 159 Å². The van der Waals surface area contributed by atoms with Crippen LogP contribution in [0.5, 0.6) is 11.5 Å². The van der Waals surface area contributed by atoms with Gasteiger partial charge in [-0.05, 0) is 30.4 Å². The first-order valence-electron chi connectivity index (χ1n) is 8.23. The van der Waals surface area contributed by atoms with Gasteiger partial charge in [-0.1, -0.05) is 12.8 Å². The first-order chi connectivity index (χ1) is 11.1. The molecule has 1 aromatic carbocycles. The van der Waals surface area contributed by atoms with E-state index in [1.807, 2.05) is 0 Å². The van der Waals surface area contributed by atoms with E-state index in [9.17, 15) is 20.3 Å². The molecule has 1 aromatic rings. The number of nitro groups is 1. The van der Waals surface area contributed by atoms with E-state index in [1.54, 1.807) is 0 Å². The maximum atomic E-state index is 11.2. The number of piperazine rings is 1. The van der Waals surface area contributed by atoms with Crippen LogP contribution in [0.1, 0.15) is 37.3 Å². The van der Waals surface area contributed by atoms with E-state index in [-0.39, 0.29) is 30.9 Å². The zero-order chi connectivity index (χ0) is 16.4. The maximum absolute atomic E-state index is 11.2. The van der Waals surface area contributed by atoms with Gasteiger partial charge in [-0.3, -0.25) is 15.0 Å². The number of nitrogens with one attached hydrogen (secondary N) is 1. The number of phenols is 2. The van der Waals surface area contributed by atoms with Crippen LogP contribution in [0.25, 0.3) is 0 Å². The first-order valence-corrected chi connectivity index (χ1v) is 8.23. The van der Waals surface area contributed by atoms with Crippen molar-refractivity contribution in [2.24, 2.45) is 5.92 Å². The number of aromatic hydroxyl groups is 2. The molecule has 0 radical (unpaired) electrons. The number of hydrogen-bond acceptors (Lipinski definition) is 6. The third kappa shape index (κ3) is 4.67. The van der Waals surface area contributed by atoms with Crippen molar-refractivity contribution in [2.75, 3.05) is 26.2 Å². The summed E-state index contributed by atoms with van der Waals surface area (Å²) in [7, 11) is 0. The van der Waals surface area contributed by atoms with Crippen LogP contribution < -0.4 is 5.32 Å². The van der Waals surface area contributed by atoms with Crippen molar-refractivity contribution in [1.29, 1.82) is 0 Å². The molecule has 2 aliphatic rings. The lowest BCUT2D eigenvalue weighted by molar-refractivity contribution is -0.386. The average molecular weight is 394 g/mol. The SMILES string of the molecule is Cl.Cl.O=[N+]([O-])c1cc([C@H](C2CCCC2)N2CCNCC2)cc(O)c1O. The third-order valence-corrected chi connectivity index (χ3v) is 5.02. The highest BCUT2D eigenvalue weighted by molar-refractivity contribution is 5.85. The van der Waals surface area contributed by atoms with Crippen LogP contribution in [-0.4, -0.2) is 46.2 Å². The molecule has 0 unspecified atom stereocenters. The number of rotatable bonds is 4. The number of nitro benzene ring substituents is 1. The molecule has 0 aromatic heterocycles. The smallest absolute Gasteiger partial charge is 0.314 e. The van der Waals surface area contributed by atoms with Crippen LogP contribution in [0.3, 0.4) is 0 Å². The first kappa shape index (κ1) is 21.8. The lowest BCUT2D eigenvalue weighted by Crippen LogP contribution is -2.46. The molecule has 9 heteroatoms. The second-order valence-electron chi connectivity index (χ2n) is 6.44. The van der Waals surface area contributed by atoms with Gasteiger partial charge in [-0.25, -0.2) is 0 Å². The van der Waals surface area contributed by atoms with Gasteiger partial charge in [-0.2, -0.15) is 0 Å². The van der Waals surface area contributed by atoms with E-state index in [1.165, 1.54) is 25.0 Å². The molecule has 1 atom stereocenters. The Hall–Kier alpha value is -1.28. The van der Waals surface area contributed by atoms with Crippen LogP contribution in [0.15, 0.2) is 12.1 Å². The number of hydrogen-bond donors (Lipinski definition) is 3. The molecule has 0 bridgehead atoms. The molecule has 1 saturated carbocycles. The lowest BCUT2D eigenvalue weighted by atomic mass is 9.89. The summed E-state index contributed by atoms with van der Waals surface area (Å²) in [5.74, 6) is -0.617. The number of phenolic OH excluding ortho intramolecular Hbond substituents is 2. The maximum Gasteiger partial charge on any atom is 0.314 e. The number of benzene rings is 1. The topological polar surface area (TPSA) is 98.9 Å². The molecule has 1 aliphatic heterocycles. The molecule has 2 fully saturated rings. The van der Waals surface area contributed by atoms with Gasteiger partial charge in [0.1, 0.15) is 0 Å². The summed E-state index contributed by atoms with van der Waals surface area (Å²) in [4.78, 5) is 12.9. The Morgan fingerprint density at radius 1 is 1.16 bits per heavy atom. The molecule has 142 valence electrons. The Morgan fingerprint density at radius 3 is 2.32 bits per heavy atom. The second kappa shape index (κ2) is 9.43. The standard InChI is InChI=1S/C16H23N3O4.2ClH/c20-14-10-12(9-13(16(14)21)19(22)23)15(11-3-1-2-4-11)18-7-5-17-6-8-18;;/h9-11,15,17,20-21H,1-8H2;2*1H/t15-;;/m0../s1. The van der Waals surface area contributed by atoms with E-state index < -0.39 is 22.1 Å². The van der Waals surface area contributed by atoms with E-state index in [0.717, 1.165) is 44.6 Å². The Bertz CT molecular complexity index is 591. The highest BCUT2D eigenvalue weighted by Gasteiger charge is 2.34. The average Bonchev–Trinajstić information content (AvgIpc) is 3.05. The van der Waals surface area contributed by atoms with Crippen molar-refractivity contribution in [3.63, 3.8) is 0 Å². The predicted octanol–water partition coefficient (Wildman–Crippen LogP) is 2.99. The molecule has 0 amide bonds. The van der Waals surface area contributed by atoms with E-state index in [2.05, 4.69) is 10.2 Å². The van der Waals surface area contributed by atoms with Crippen LogP contribution in [0.2, 0.25) is 0 Å². The van der Waals surface area contributed by atoms with Crippen molar-refractivity contribution in [3.8, 4) is 11.5 Å². The summed E-state index contributed by atoms with van der Waals surface area (Å²) in [6.07, 6.45) is 4.56. The molecule has 3 N–H and O–H groups in total. The largest absolute Gasteiger partial charge is 0.504 e. The summed E-state index contributed by atoms with van der Waals surface area (Å²) >= 11 is 0. The minimum atomic E-state index is -0.649. The van der Waals surface area contributed by atoms with Crippen LogP contribution in [-0.2, 0) is 0 Å². The van der Waals surface area contributed by atoms with Crippen molar-refractivity contribution < 1.29 is 15.1 Å². The quantitative estimate of drug-likeness (QED) is 0.413. The van der Waals surface area contributed by atoms with Gasteiger partial charge in [0.2, 0.25) is 5.75 Å².